The Morgan fingerprint density at radius 3 is 2.68 bits per heavy atom. The van der Waals surface area contributed by atoms with Crippen molar-refractivity contribution < 1.29 is 24.2 Å². The molecule has 3 aromatic carbocycles. The van der Waals surface area contributed by atoms with E-state index in [0.717, 1.165) is 5.56 Å². The molecule has 0 saturated carbocycles. The monoisotopic (exact) mass is 620 g/mol. The van der Waals surface area contributed by atoms with Gasteiger partial charge < -0.3 is 14.6 Å². The second-order valence-electron chi connectivity index (χ2n) is 7.78. The molecule has 1 aliphatic heterocycles. The topological polar surface area (TPSA) is 88.4 Å². The molecule has 0 radical (unpaired) electrons. The highest BCUT2D eigenvalue weighted by atomic mass is 79.9. The molecule has 1 fully saturated rings. The summed E-state index contributed by atoms with van der Waals surface area (Å²) in [6.07, 6.45) is 1.73. The maximum Gasteiger partial charge on any atom is 0.335 e. The van der Waals surface area contributed by atoms with E-state index < -0.39 is 5.97 Å². The van der Waals surface area contributed by atoms with Crippen LogP contribution in [0, 0.1) is 0 Å². The third-order valence-electron chi connectivity index (χ3n) is 5.26. The Morgan fingerprint density at radius 2 is 1.97 bits per heavy atom. The Bertz CT molecular complexity index is 1460. The molecule has 37 heavy (non-hydrogen) atoms. The molecule has 3 aromatic rings. The molecule has 1 N–H and O–H groups in total. The number of ether oxygens (including phenoxy) is 2. The van der Waals surface area contributed by atoms with Crippen LogP contribution < -0.4 is 9.47 Å². The summed E-state index contributed by atoms with van der Waals surface area (Å²) < 4.78 is 12.1. The number of carboxylic acids is 1. The first-order chi connectivity index (χ1) is 17.7. The van der Waals surface area contributed by atoms with Gasteiger partial charge in [-0.15, -0.1) is 0 Å². The molecule has 1 heterocycles. The van der Waals surface area contributed by atoms with E-state index in [-0.39, 0.29) is 18.1 Å². The van der Waals surface area contributed by atoms with Crippen LogP contribution in [0.15, 0.2) is 69.0 Å². The average Bonchev–Trinajstić information content (AvgIpc) is 3.11. The number of carboxylic acid groups (broad SMARTS) is 1. The maximum atomic E-state index is 12.9. The summed E-state index contributed by atoms with van der Waals surface area (Å²) >= 11 is 16.9. The first-order valence-electron chi connectivity index (χ1n) is 10.7. The van der Waals surface area contributed by atoms with E-state index in [1.165, 1.54) is 35.9 Å². The van der Waals surface area contributed by atoms with E-state index >= 15 is 0 Å². The summed E-state index contributed by atoms with van der Waals surface area (Å²) in [6.45, 7) is 0.202. The van der Waals surface area contributed by atoms with Crippen LogP contribution in [-0.2, 0) is 11.4 Å². The van der Waals surface area contributed by atoms with Crippen molar-refractivity contribution in [1.29, 1.82) is 0 Å². The van der Waals surface area contributed by atoms with Crippen molar-refractivity contribution in [2.45, 2.75) is 6.61 Å². The Balaban J connectivity index is 1.57. The van der Waals surface area contributed by atoms with Gasteiger partial charge in [0.25, 0.3) is 5.91 Å². The minimum absolute atomic E-state index is 0.118. The highest BCUT2D eigenvalue weighted by molar-refractivity contribution is 9.10. The fraction of sp³-hybridized carbons (Fsp3) is 0.115. The number of carbonyl (C=O) groups excluding carboxylic acids is 1. The summed E-state index contributed by atoms with van der Waals surface area (Å²) in [7, 11) is 3.14. The fourth-order valence-electron chi connectivity index (χ4n) is 3.37. The SMILES string of the molecule is COc1cc(C=C2SC(=Nc3cccc(C(=O)O)c3)N(C)C2=O)cc(Br)c1OCc1ccc(Cl)cc1Cl. The molecule has 11 heteroatoms. The first kappa shape index (κ1) is 27.1. The zero-order valence-electron chi connectivity index (χ0n) is 19.5. The molecule has 7 nitrogen and oxygen atoms in total. The number of amidine groups is 1. The number of aliphatic imine (C=N–C) groups is 1. The number of nitrogens with zero attached hydrogens (tertiary/aromatic N) is 2. The van der Waals surface area contributed by atoms with Gasteiger partial charge in [0.1, 0.15) is 6.61 Å². The van der Waals surface area contributed by atoms with Crippen LogP contribution in [0.5, 0.6) is 11.5 Å². The first-order valence-corrected chi connectivity index (χ1v) is 13.1. The zero-order valence-corrected chi connectivity index (χ0v) is 23.4. The average molecular weight is 622 g/mol. The van der Waals surface area contributed by atoms with Gasteiger partial charge in [0.05, 0.1) is 27.7 Å². The van der Waals surface area contributed by atoms with Crippen molar-refractivity contribution in [3.05, 3.63) is 90.7 Å². The van der Waals surface area contributed by atoms with Gasteiger partial charge in [0.15, 0.2) is 16.7 Å². The largest absolute Gasteiger partial charge is 0.493 e. The predicted molar refractivity (Wildman–Crippen MR) is 150 cm³/mol. The molecule has 0 bridgehead atoms. The van der Waals surface area contributed by atoms with Crippen molar-refractivity contribution in [1.82, 2.24) is 4.90 Å². The highest BCUT2D eigenvalue weighted by Gasteiger charge is 2.30. The zero-order chi connectivity index (χ0) is 26.7. The number of halogens is 3. The molecular formula is C26H19BrCl2N2O5S. The third kappa shape index (κ3) is 6.30. The van der Waals surface area contributed by atoms with Crippen molar-refractivity contribution in [2.75, 3.05) is 14.2 Å². The van der Waals surface area contributed by atoms with E-state index in [1.54, 1.807) is 49.5 Å². The van der Waals surface area contributed by atoms with Gasteiger partial charge in [-0.1, -0.05) is 35.3 Å². The van der Waals surface area contributed by atoms with Crippen molar-refractivity contribution in [3.63, 3.8) is 0 Å². The number of rotatable bonds is 7. The minimum atomic E-state index is -1.05. The lowest BCUT2D eigenvalue weighted by molar-refractivity contribution is -0.121. The summed E-state index contributed by atoms with van der Waals surface area (Å²) in [4.78, 5) is 30.5. The van der Waals surface area contributed by atoms with E-state index in [9.17, 15) is 14.7 Å². The summed E-state index contributed by atoms with van der Waals surface area (Å²) in [5, 5.41) is 10.7. The Kier molecular flexibility index (Phi) is 8.49. The second kappa shape index (κ2) is 11.6. The van der Waals surface area contributed by atoms with E-state index in [0.29, 0.717) is 47.3 Å². The number of hydrogen-bond donors (Lipinski definition) is 1. The van der Waals surface area contributed by atoms with Crippen LogP contribution >= 0.6 is 50.9 Å². The van der Waals surface area contributed by atoms with Gasteiger partial charge in [-0.2, -0.15) is 0 Å². The van der Waals surface area contributed by atoms with Crippen LogP contribution in [0.25, 0.3) is 6.08 Å². The fourth-order valence-corrected chi connectivity index (χ4v) is 5.40. The standard InChI is InChI=1S/C26H19BrCl2N2O5S/c1-31-24(32)22(37-26(31)30-18-5-3-4-15(11-18)25(33)34)10-14-8-19(27)23(21(9-14)35-2)36-13-16-6-7-17(28)12-20(16)29/h3-12H,13H2,1-2H3,(H,33,34). The predicted octanol–water partition coefficient (Wildman–Crippen LogP) is 7.28. The van der Waals surface area contributed by atoms with Gasteiger partial charge in [-0.25, -0.2) is 9.79 Å². The smallest absolute Gasteiger partial charge is 0.335 e. The second-order valence-corrected chi connectivity index (χ2v) is 10.5. The Labute approximate surface area is 235 Å². The van der Waals surface area contributed by atoms with E-state index in [1.807, 2.05) is 6.07 Å². The van der Waals surface area contributed by atoms with Crippen molar-refractivity contribution in [2.24, 2.45) is 4.99 Å². The summed E-state index contributed by atoms with van der Waals surface area (Å²) in [5.41, 5.74) is 2.03. The molecule has 0 spiro atoms. The summed E-state index contributed by atoms with van der Waals surface area (Å²) in [5.74, 6) is -0.325. The molecule has 0 aliphatic carbocycles. The van der Waals surface area contributed by atoms with E-state index in [2.05, 4.69) is 20.9 Å². The number of hydrogen-bond acceptors (Lipinski definition) is 6. The van der Waals surface area contributed by atoms with Gasteiger partial charge in [-0.3, -0.25) is 9.69 Å². The van der Waals surface area contributed by atoms with Gasteiger partial charge >= 0.3 is 5.97 Å². The number of amides is 1. The molecule has 0 atom stereocenters. The normalized spacial score (nSPS) is 15.5. The number of methoxy groups -OCH3 is 1. The van der Waals surface area contributed by atoms with Gasteiger partial charge in [-0.05, 0) is 81.8 Å². The van der Waals surface area contributed by atoms with Crippen LogP contribution in [0.3, 0.4) is 0 Å². The Morgan fingerprint density at radius 1 is 1.19 bits per heavy atom. The van der Waals surface area contributed by atoms with Crippen molar-refractivity contribution >= 4 is 79.7 Å². The van der Waals surface area contributed by atoms with Crippen LogP contribution in [0.2, 0.25) is 10.0 Å². The molecular weight excluding hydrogens is 603 g/mol. The molecule has 1 aliphatic rings. The van der Waals surface area contributed by atoms with Gasteiger partial charge in [0, 0.05) is 22.7 Å². The number of carbonyl (C=O) groups is 2. The summed E-state index contributed by atoms with van der Waals surface area (Å²) in [6, 6.07) is 15.0. The van der Waals surface area contributed by atoms with Crippen LogP contribution in [0.4, 0.5) is 5.69 Å². The molecule has 0 unspecified atom stereocenters. The van der Waals surface area contributed by atoms with Crippen molar-refractivity contribution in [3.8, 4) is 11.5 Å². The third-order valence-corrected chi connectivity index (χ3v) is 7.49. The highest BCUT2D eigenvalue weighted by Crippen LogP contribution is 2.40. The molecule has 1 saturated heterocycles. The molecule has 1 amide bonds. The number of thioether (sulfide) groups is 1. The van der Waals surface area contributed by atoms with E-state index in [4.69, 9.17) is 32.7 Å². The minimum Gasteiger partial charge on any atom is -0.493 e. The van der Waals surface area contributed by atoms with Crippen LogP contribution in [-0.4, -0.2) is 41.2 Å². The lowest BCUT2D eigenvalue weighted by atomic mass is 10.1. The lowest BCUT2D eigenvalue weighted by Crippen LogP contribution is -2.23. The molecule has 4 rings (SSSR count). The van der Waals surface area contributed by atoms with Gasteiger partial charge in [0.2, 0.25) is 0 Å². The Hall–Kier alpha value is -2.98. The molecule has 0 aromatic heterocycles. The quantitative estimate of drug-likeness (QED) is 0.279. The number of likely N-dealkylation sites (N-methyl/N-ethyl adjacent to an activating group) is 1. The van der Waals surface area contributed by atoms with Crippen LogP contribution in [0.1, 0.15) is 21.5 Å². The lowest BCUT2D eigenvalue weighted by Gasteiger charge is -2.14. The molecule has 190 valence electrons. The maximum absolute atomic E-state index is 12.9. The number of benzene rings is 3. The number of aromatic carboxylic acids is 1.